The molecule has 0 fully saturated rings. The maximum atomic E-state index is 8.80. The van der Waals surface area contributed by atoms with Crippen molar-refractivity contribution >= 4 is 5.57 Å². The van der Waals surface area contributed by atoms with E-state index in [9.17, 15) is 0 Å². The fourth-order valence-corrected chi connectivity index (χ4v) is 1.40. The van der Waals surface area contributed by atoms with Crippen molar-refractivity contribution in [3.63, 3.8) is 0 Å². The summed E-state index contributed by atoms with van der Waals surface area (Å²) >= 11 is 0. The van der Waals surface area contributed by atoms with Gasteiger partial charge in [-0.15, -0.1) is 0 Å². The summed E-state index contributed by atoms with van der Waals surface area (Å²) in [5.41, 5.74) is 2.12. The van der Waals surface area contributed by atoms with Gasteiger partial charge in [0, 0.05) is 12.6 Å². The first-order valence-corrected chi connectivity index (χ1v) is 4.03. The lowest BCUT2D eigenvalue weighted by molar-refractivity contribution is 0.316. The molecule has 2 heterocycles. The summed E-state index contributed by atoms with van der Waals surface area (Å²) in [7, 11) is 0. The van der Waals surface area contributed by atoms with Gasteiger partial charge in [0.25, 0.3) is 0 Å². The summed E-state index contributed by atoms with van der Waals surface area (Å²) in [4.78, 5) is 3.96. The molecule has 0 unspecified atom stereocenters. The Morgan fingerprint density at radius 1 is 1.62 bits per heavy atom. The molecule has 2 rings (SSSR count). The van der Waals surface area contributed by atoms with Crippen LogP contribution in [0.5, 0.6) is 5.75 Å². The lowest BCUT2D eigenvalue weighted by atomic mass is 10.0. The Labute approximate surface area is 76.3 Å². The van der Waals surface area contributed by atoms with Crippen LogP contribution in [0.2, 0.25) is 0 Å². The second kappa shape index (κ2) is 2.91. The largest absolute Gasteiger partial charge is 0.492 e. The average molecular weight is 172 g/mol. The Morgan fingerprint density at radius 2 is 2.46 bits per heavy atom. The highest BCUT2D eigenvalue weighted by Gasteiger charge is 2.17. The van der Waals surface area contributed by atoms with Crippen LogP contribution in [-0.4, -0.2) is 11.6 Å². The SMILES string of the molecule is C=C1CCOc2ccnc(C#N)c21. The molecule has 0 saturated carbocycles. The number of fused-ring (bicyclic) bond motifs is 1. The van der Waals surface area contributed by atoms with Crippen LogP contribution in [0.25, 0.3) is 5.57 Å². The molecule has 1 aromatic heterocycles. The van der Waals surface area contributed by atoms with E-state index in [2.05, 4.69) is 11.6 Å². The van der Waals surface area contributed by atoms with Crippen molar-refractivity contribution in [1.82, 2.24) is 4.98 Å². The molecule has 13 heavy (non-hydrogen) atoms. The normalized spacial score (nSPS) is 14.2. The van der Waals surface area contributed by atoms with Crippen molar-refractivity contribution in [2.45, 2.75) is 6.42 Å². The zero-order valence-corrected chi connectivity index (χ0v) is 7.08. The van der Waals surface area contributed by atoms with Crippen molar-refractivity contribution in [3.05, 3.63) is 30.1 Å². The number of hydrogen-bond donors (Lipinski definition) is 0. The van der Waals surface area contributed by atoms with Crippen LogP contribution in [0, 0.1) is 11.3 Å². The third kappa shape index (κ3) is 1.17. The van der Waals surface area contributed by atoms with Gasteiger partial charge in [0.05, 0.1) is 12.2 Å². The van der Waals surface area contributed by atoms with Gasteiger partial charge in [-0.25, -0.2) is 4.98 Å². The monoisotopic (exact) mass is 172 g/mol. The van der Waals surface area contributed by atoms with Gasteiger partial charge in [-0.05, 0) is 11.6 Å². The van der Waals surface area contributed by atoms with Crippen LogP contribution < -0.4 is 4.74 Å². The Balaban J connectivity index is 2.65. The van der Waals surface area contributed by atoms with Gasteiger partial charge in [0.2, 0.25) is 0 Å². The molecule has 0 spiro atoms. The first-order valence-electron chi connectivity index (χ1n) is 4.03. The molecule has 3 nitrogen and oxygen atoms in total. The van der Waals surface area contributed by atoms with Crippen molar-refractivity contribution < 1.29 is 4.74 Å². The lowest BCUT2D eigenvalue weighted by Gasteiger charge is -2.19. The average Bonchev–Trinajstić information content (AvgIpc) is 2.17. The summed E-state index contributed by atoms with van der Waals surface area (Å²) in [6.45, 7) is 4.53. The highest BCUT2D eigenvalue weighted by Crippen LogP contribution is 2.32. The summed E-state index contributed by atoms with van der Waals surface area (Å²) < 4.78 is 5.38. The molecule has 1 aliphatic heterocycles. The number of nitrogens with zero attached hydrogens (tertiary/aromatic N) is 2. The Bertz CT molecular complexity index is 404. The van der Waals surface area contributed by atoms with Crippen molar-refractivity contribution in [2.24, 2.45) is 0 Å². The molecule has 0 amide bonds. The predicted octanol–water partition coefficient (Wildman–Crippen LogP) is 1.75. The summed E-state index contributed by atoms with van der Waals surface area (Å²) in [5.74, 6) is 0.725. The van der Waals surface area contributed by atoms with Crippen LogP contribution >= 0.6 is 0 Å². The minimum atomic E-state index is 0.405. The minimum absolute atomic E-state index is 0.405. The van der Waals surface area contributed by atoms with E-state index in [-0.39, 0.29) is 0 Å². The number of nitriles is 1. The van der Waals surface area contributed by atoms with Crippen molar-refractivity contribution in [2.75, 3.05) is 6.61 Å². The van der Waals surface area contributed by atoms with E-state index in [0.29, 0.717) is 12.3 Å². The van der Waals surface area contributed by atoms with Crippen molar-refractivity contribution in [1.29, 1.82) is 5.26 Å². The van der Waals surface area contributed by atoms with Crippen LogP contribution in [0.4, 0.5) is 0 Å². The fourth-order valence-electron chi connectivity index (χ4n) is 1.40. The number of ether oxygens (including phenoxy) is 1. The van der Waals surface area contributed by atoms with E-state index in [1.54, 1.807) is 12.3 Å². The maximum Gasteiger partial charge on any atom is 0.151 e. The summed E-state index contributed by atoms with van der Waals surface area (Å²) in [5, 5.41) is 8.80. The molecule has 0 atom stereocenters. The minimum Gasteiger partial charge on any atom is -0.492 e. The zero-order chi connectivity index (χ0) is 9.26. The third-order valence-electron chi connectivity index (χ3n) is 2.03. The van der Waals surface area contributed by atoms with Crippen LogP contribution in [0.15, 0.2) is 18.8 Å². The lowest BCUT2D eigenvalue weighted by Crippen LogP contribution is -2.09. The number of aromatic nitrogens is 1. The number of rotatable bonds is 0. The second-order valence-corrected chi connectivity index (χ2v) is 2.85. The van der Waals surface area contributed by atoms with Gasteiger partial charge in [0.1, 0.15) is 11.8 Å². The molecule has 0 bridgehead atoms. The Hall–Kier alpha value is -1.82. The molecule has 3 heteroatoms. The standard InChI is InChI=1S/C10H8N2O/c1-7-3-5-13-9-2-4-12-8(6-11)10(7)9/h2,4H,1,3,5H2. The van der Waals surface area contributed by atoms with Crippen LogP contribution in [0.3, 0.4) is 0 Å². The van der Waals surface area contributed by atoms with E-state index in [0.717, 1.165) is 23.3 Å². The molecule has 64 valence electrons. The smallest absolute Gasteiger partial charge is 0.151 e. The zero-order valence-electron chi connectivity index (χ0n) is 7.08. The summed E-state index contributed by atoms with van der Waals surface area (Å²) in [6, 6.07) is 3.80. The third-order valence-corrected chi connectivity index (χ3v) is 2.03. The van der Waals surface area contributed by atoms with E-state index in [1.807, 2.05) is 6.07 Å². The molecule has 1 aliphatic rings. The number of pyridine rings is 1. The van der Waals surface area contributed by atoms with E-state index >= 15 is 0 Å². The topological polar surface area (TPSA) is 45.9 Å². The highest BCUT2D eigenvalue weighted by atomic mass is 16.5. The van der Waals surface area contributed by atoms with Gasteiger partial charge >= 0.3 is 0 Å². The Kier molecular flexibility index (Phi) is 1.75. The molecule has 0 saturated heterocycles. The summed E-state index contributed by atoms with van der Waals surface area (Å²) in [6.07, 6.45) is 2.35. The molecular formula is C10H8N2O. The second-order valence-electron chi connectivity index (χ2n) is 2.85. The fraction of sp³-hybridized carbons (Fsp3) is 0.200. The van der Waals surface area contributed by atoms with Crippen LogP contribution in [-0.2, 0) is 0 Å². The van der Waals surface area contributed by atoms with Crippen LogP contribution in [0.1, 0.15) is 17.7 Å². The van der Waals surface area contributed by atoms with Crippen molar-refractivity contribution in [3.8, 4) is 11.8 Å². The predicted molar refractivity (Wildman–Crippen MR) is 48.1 cm³/mol. The van der Waals surface area contributed by atoms with Gasteiger partial charge < -0.3 is 4.74 Å². The van der Waals surface area contributed by atoms with Gasteiger partial charge in [0.15, 0.2) is 5.69 Å². The molecular weight excluding hydrogens is 164 g/mol. The van der Waals surface area contributed by atoms with Gasteiger partial charge in [-0.1, -0.05) is 6.58 Å². The Morgan fingerprint density at radius 3 is 3.23 bits per heavy atom. The number of hydrogen-bond acceptors (Lipinski definition) is 3. The van der Waals surface area contributed by atoms with E-state index < -0.39 is 0 Å². The molecule has 0 aromatic carbocycles. The van der Waals surface area contributed by atoms with E-state index in [1.165, 1.54) is 0 Å². The highest BCUT2D eigenvalue weighted by molar-refractivity contribution is 5.73. The van der Waals surface area contributed by atoms with Gasteiger partial charge in [-0.2, -0.15) is 5.26 Å². The molecule has 0 radical (unpaired) electrons. The van der Waals surface area contributed by atoms with E-state index in [4.69, 9.17) is 10.00 Å². The first-order chi connectivity index (χ1) is 6.33. The molecule has 0 aliphatic carbocycles. The maximum absolute atomic E-state index is 8.80. The molecule has 1 aromatic rings. The van der Waals surface area contributed by atoms with Gasteiger partial charge in [-0.3, -0.25) is 0 Å². The molecule has 0 N–H and O–H groups in total. The first kappa shape index (κ1) is 7.81. The quantitative estimate of drug-likeness (QED) is 0.598.